The highest BCUT2D eigenvalue weighted by atomic mass is 19.1. The second kappa shape index (κ2) is 7.56. The van der Waals surface area contributed by atoms with Crippen molar-refractivity contribution in [2.45, 2.75) is 19.4 Å². The van der Waals surface area contributed by atoms with Gasteiger partial charge in [-0.25, -0.2) is 19.3 Å². The average molecular weight is 387 g/mol. The third kappa shape index (κ3) is 3.23. The predicted octanol–water partition coefficient (Wildman–Crippen LogP) is 3.97. The van der Waals surface area contributed by atoms with Gasteiger partial charge in [0.25, 0.3) is 0 Å². The summed E-state index contributed by atoms with van der Waals surface area (Å²) < 4.78 is 16.5. The van der Waals surface area contributed by atoms with Gasteiger partial charge in [-0.1, -0.05) is 31.2 Å². The predicted molar refractivity (Wildman–Crippen MR) is 109 cm³/mol. The summed E-state index contributed by atoms with van der Waals surface area (Å²) in [5.74, 6) is 0.678. The molecule has 144 valence electrons. The molecule has 0 fully saturated rings. The largest absolute Gasteiger partial charge is 0.382 e. The van der Waals surface area contributed by atoms with Gasteiger partial charge in [-0.3, -0.25) is 4.57 Å². The lowest BCUT2D eigenvalue weighted by Gasteiger charge is -2.20. The summed E-state index contributed by atoms with van der Waals surface area (Å²) in [7, 11) is 0. The van der Waals surface area contributed by atoms with Crippen LogP contribution in [0.1, 0.15) is 30.8 Å². The van der Waals surface area contributed by atoms with Gasteiger partial charge in [0.05, 0.1) is 22.8 Å². The quantitative estimate of drug-likeness (QED) is 0.537. The number of nitriles is 1. The van der Waals surface area contributed by atoms with E-state index in [-0.39, 0.29) is 23.2 Å². The van der Waals surface area contributed by atoms with Crippen molar-refractivity contribution >= 4 is 22.7 Å². The zero-order valence-electron chi connectivity index (χ0n) is 15.7. The Bertz CT molecular complexity index is 1230. The van der Waals surface area contributed by atoms with Crippen molar-refractivity contribution in [2.75, 3.05) is 11.1 Å². The van der Waals surface area contributed by atoms with Crippen LogP contribution in [-0.2, 0) is 0 Å². The van der Waals surface area contributed by atoms with Crippen LogP contribution in [0.4, 0.5) is 16.0 Å². The van der Waals surface area contributed by atoms with Gasteiger partial charge in [0, 0.05) is 0 Å². The molecule has 4 aromatic rings. The van der Waals surface area contributed by atoms with E-state index in [0.717, 1.165) is 11.0 Å². The molecule has 0 spiro atoms. The third-order valence-corrected chi connectivity index (χ3v) is 4.70. The van der Waals surface area contributed by atoms with Gasteiger partial charge in [0.1, 0.15) is 41.2 Å². The number of nitrogens with zero attached hydrogens (tertiary/aromatic N) is 5. The average Bonchev–Trinajstić information content (AvgIpc) is 3.11. The molecular weight excluding hydrogens is 369 g/mol. The van der Waals surface area contributed by atoms with Crippen LogP contribution in [0.3, 0.4) is 0 Å². The highest BCUT2D eigenvalue weighted by Crippen LogP contribution is 2.30. The van der Waals surface area contributed by atoms with E-state index in [9.17, 15) is 9.65 Å². The van der Waals surface area contributed by atoms with Gasteiger partial charge in [-0.05, 0) is 30.7 Å². The zero-order valence-corrected chi connectivity index (χ0v) is 15.7. The van der Waals surface area contributed by atoms with Gasteiger partial charge in [-0.2, -0.15) is 5.26 Å². The van der Waals surface area contributed by atoms with Crippen molar-refractivity contribution in [3.8, 4) is 11.8 Å². The number of imidazole rings is 1. The molecule has 0 aliphatic heterocycles. The van der Waals surface area contributed by atoms with Gasteiger partial charge in [0.15, 0.2) is 0 Å². The van der Waals surface area contributed by atoms with Gasteiger partial charge in [-0.15, -0.1) is 0 Å². The summed E-state index contributed by atoms with van der Waals surface area (Å²) in [5, 5.41) is 12.7. The fourth-order valence-electron chi connectivity index (χ4n) is 3.30. The van der Waals surface area contributed by atoms with Crippen LogP contribution >= 0.6 is 0 Å². The summed E-state index contributed by atoms with van der Waals surface area (Å²) in [5.41, 5.74) is 7.91. The number of nitrogen functional groups attached to an aromatic ring is 1. The third-order valence-electron chi connectivity index (χ3n) is 4.70. The number of halogens is 1. The van der Waals surface area contributed by atoms with Crippen molar-refractivity contribution in [3.63, 3.8) is 0 Å². The maximum absolute atomic E-state index is 14.7. The molecule has 0 aliphatic rings. The second-order valence-electron chi connectivity index (χ2n) is 6.45. The first kappa shape index (κ1) is 18.4. The van der Waals surface area contributed by atoms with Gasteiger partial charge >= 0.3 is 0 Å². The van der Waals surface area contributed by atoms with Crippen LogP contribution in [0, 0.1) is 17.1 Å². The molecule has 0 amide bonds. The van der Waals surface area contributed by atoms with Crippen LogP contribution in [0.15, 0.2) is 54.9 Å². The monoisotopic (exact) mass is 387 g/mol. The summed E-state index contributed by atoms with van der Waals surface area (Å²) in [6.45, 7) is 1.97. The number of nitrogens with one attached hydrogen (secondary N) is 1. The van der Waals surface area contributed by atoms with E-state index in [0.29, 0.717) is 23.8 Å². The number of anilines is 2. The molecule has 0 saturated carbocycles. The number of hydrogen-bond donors (Lipinski definition) is 2. The number of nitrogens with two attached hydrogens (primary N) is 1. The molecule has 0 aliphatic carbocycles. The number of hydrogen-bond acceptors (Lipinski definition) is 6. The number of benzene rings is 2. The molecule has 29 heavy (non-hydrogen) atoms. The minimum atomic E-state index is -0.351. The van der Waals surface area contributed by atoms with Crippen LogP contribution in [-0.4, -0.2) is 19.5 Å². The lowest BCUT2D eigenvalue weighted by Crippen LogP contribution is -2.18. The molecule has 2 aromatic heterocycles. The SMILES string of the molecule is CC[C@H](Nc1ncnc(N)c1C#N)c1nc2ccccc2n1-c1ccccc1F. The molecule has 3 N–H and O–H groups in total. The van der Waals surface area contributed by atoms with Crippen molar-refractivity contribution < 1.29 is 4.39 Å². The zero-order chi connectivity index (χ0) is 20.4. The molecule has 8 heteroatoms. The van der Waals surface area contributed by atoms with E-state index in [1.54, 1.807) is 22.8 Å². The Kier molecular flexibility index (Phi) is 4.79. The topological polar surface area (TPSA) is 105 Å². The minimum Gasteiger partial charge on any atom is -0.382 e. The maximum Gasteiger partial charge on any atom is 0.150 e. The summed E-state index contributed by atoms with van der Waals surface area (Å²) in [6.07, 6.45) is 1.91. The Morgan fingerprint density at radius 3 is 2.69 bits per heavy atom. The fraction of sp³-hybridized carbons (Fsp3) is 0.143. The Hall–Kier alpha value is -3.99. The highest BCUT2D eigenvalue weighted by Gasteiger charge is 2.23. The van der Waals surface area contributed by atoms with E-state index in [1.807, 2.05) is 37.3 Å². The molecule has 4 rings (SSSR count). The Balaban J connectivity index is 1.89. The number of fused-ring (bicyclic) bond motifs is 1. The highest BCUT2D eigenvalue weighted by molar-refractivity contribution is 5.78. The molecule has 0 unspecified atom stereocenters. The van der Waals surface area contributed by atoms with E-state index in [1.165, 1.54) is 12.4 Å². The lowest BCUT2D eigenvalue weighted by atomic mass is 10.2. The Labute approximate surface area is 166 Å². The number of rotatable bonds is 5. The summed E-state index contributed by atoms with van der Waals surface area (Å²) in [6, 6.07) is 15.8. The van der Waals surface area contributed by atoms with Gasteiger partial charge < -0.3 is 11.1 Å². The lowest BCUT2D eigenvalue weighted by molar-refractivity contribution is 0.609. The standard InChI is InChI=1S/C21H18FN7/c1-2-15(27-20-13(11-23)19(24)25-12-26-20)21-28-16-8-4-6-10-18(16)29(21)17-9-5-3-7-14(17)22/h3-10,12,15H,2H2,1H3,(H3,24,25,26,27)/t15-/m0/s1. The Morgan fingerprint density at radius 2 is 1.93 bits per heavy atom. The molecule has 2 aromatic carbocycles. The summed E-state index contributed by atoms with van der Waals surface area (Å²) >= 11 is 0. The van der Waals surface area contributed by atoms with Gasteiger partial charge in [0.2, 0.25) is 0 Å². The van der Waals surface area contributed by atoms with E-state index < -0.39 is 0 Å². The first-order valence-electron chi connectivity index (χ1n) is 9.13. The van der Waals surface area contributed by atoms with Crippen molar-refractivity contribution in [1.29, 1.82) is 5.26 Å². The first-order chi connectivity index (χ1) is 14.1. The fourth-order valence-corrected chi connectivity index (χ4v) is 3.30. The van der Waals surface area contributed by atoms with Crippen LogP contribution < -0.4 is 11.1 Å². The van der Waals surface area contributed by atoms with Crippen LogP contribution in [0.25, 0.3) is 16.7 Å². The normalized spacial score (nSPS) is 11.9. The van der Waals surface area contributed by atoms with Crippen LogP contribution in [0.2, 0.25) is 0 Å². The second-order valence-corrected chi connectivity index (χ2v) is 6.45. The van der Waals surface area contributed by atoms with Crippen molar-refractivity contribution in [3.05, 3.63) is 72.1 Å². The molecule has 1 atom stereocenters. The molecule has 0 radical (unpaired) electrons. The Morgan fingerprint density at radius 1 is 1.17 bits per heavy atom. The minimum absolute atomic E-state index is 0.0995. The number of para-hydroxylation sites is 3. The van der Waals surface area contributed by atoms with E-state index in [2.05, 4.69) is 15.3 Å². The molecule has 0 bridgehead atoms. The van der Waals surface area contributed by atoms with E-state index >= 15 is 0 Å². The van der Waals surface area contributed by atoms with E-state index in [4.69, 9.17) is 10.7 Å². The van der Waals surface area contributed by atoms with Crippen molar-refractivity contribution in [2.24, 2.45) is 0 Å². The van der Waals surface area contributed by atoms with Crippen molar-refractivity contribution in [1.82, 2.24) is 19.5 Å². The summed E-state index contributed by atoms with van der Waals surface area (Å²) in [4.78, 5) is 12.8. The number of aromatic nitrogens is 4. The van der Waals surface area contributed by atoms with Crippen LogP contribution in [0.5, 0.6) is 0 Å². The first-order valence-corrected chi connectivity index (χ1v) is 9.13. The molecule has 0 saturated heterocycles. The molecular formula is C21H18FN7. The molecule has 7 nitrogen and oxygen atoms in total. The maximum atomic E-state index is 14.7. The smallest absolute Gasteiger partial charge is 0.150 e. The molecule has 2 heterocycles.